The number of carbonyl (C=O) groups is 1. The number of hydrogen-bond acceptors (Lipinski definition) is 2. The van der Waals surface area contributed by atoms with Crippen molar-refractivity contribution < 1.29 is 9.53 Å². The van der Waals surface area contributed by atoms with Crippen LogP contribution in [-0.4, -0.2) is 16.1 Å². The maximum absolute atomic E-state index is 11.4. The summed E-state index contributed by atoms with van der Waals surface area (Å²) >= 11 is 0. The third-order valence-corrected chi connectivity index (χ3v) is 1.88. The minimum absolute atomic E-state index is 0.116. The van der Waals surface area contributed by atoms with Gasteiger partial charge >= 0.3 is 5.97 Å². The summed E-state index contributed by atoms with van der Waals surface area (Å²) in [5.74, 6) is -0.116. The second-order valence-corrected chi connectivity index (χ2v) is 4.61. The second-order valence-electron chi connectivity index (χ2n) is 4.61. The van der Waals surface area contributed by atoms with Crippen molar-refractivity contribution in [2.45, 2.75) is 45.8 Å². The zero-order chi connectivity index (χ0) is 11.3. The van der Waals surface area contributed by atoms with Crippen LogP contribution in [-0.2, 0) is 16.1 Å². The van der Waals surface area contributed by atoms with E-state index in [0.717, 1.165) is 13.0 Å². The predicted molar refractivity (Wildman–Crippen MR) is 59.5 cm³/mol. The number of aryl methyl sites for hydroxylation is 1. The van der Waals surface area contributed by atoms with Gasteiger partial charge in [0.2, 0.25) is 0 Å². The smallest absolute Gasteiger partial charge is 0.306 e. The van der Waals surface area contributed by atoms with Gasteiger partial charge in [-0.1, -0.05) is 0 Å². The van der Waals surface area contributed by atoms with E-state index in [1.54, 1.807) is 0 Å². The van der Waals surface area contributed by atoms with Gasteiger partial charge in [-0.2, -0.15) is 0 Å². The van der Waals surface area contributed by atoms with Crippen molar-refractivity contribution >= 4 is 5.97 Å². The molecule has 0 aliphatic heterocycles. The average molecular weight is 209 g/mol. The first-order valence-electron chi connectivity index (χ1n) is 5.30. The lowest BCUT2D eigenvalue weighted by Gasteiger charge is -2.19. The van der Waals surface area contributed by atoms with E-state index in [9.17, 15) is 4.79 Å². The number of carbonyl (C=O) groups excluding carboxylic acids is 1. The molecule has 0 saturated heterocycles. The Morgan fingerprint density at radius 2 is 1.87 bits per heavy atom. The van der Waals surface area contributed by atoms with Crippen LogP contribution in [0.2, 0.25) is 0 Å². The maximum Gasteiger partial charge on any atom is 0.306 e. The van der Waals surface area contributed by atoms with Crippen LogP contribution in [0.15, 0.2) is 24.5 Å². The molecule has 0 spiro atoms. The summed E-state index contributed by atoms with van der Waals surface area (Å²) < 4.78 is 7.27. The van der Waals surface area contributed by atoms with Crippen LogP contribution in [0.25, 0.3) is 0 Å². The van der Waals surface area contributed by atoms with Crippen molar-refractivity contribution in [3.63, 3.8) is 0 Å². The maximum atomic E-state index is 11.4. The molecule has 0 unspecified atom stereocenters. The molecule has 0 aliphatic carbocycles. The molecule has 0 fully saturated rings. The van der Waals surface area contributed by atoms with Crippen LogP contribution in [0.5, 0.6) is 0 Å². The van der Waals surface area contributed by atoms with Gasteiger partial charge < -0.3 is 9.30 Å². The van der Waals surface area contributed by atoms with Crippen LogP contribution in [0.1, 0.15) is 33.6 Å². The molecule has 0 amide bonds. The molecule has 0 N–H and O–H groups in total. The van der Waals surface area contributed by atoms with Gasteiger partial charge in [0.15, 0.2) is 0 Å². The summed E-state index contributed by atoms with van der Waals surface area (Å²) in [4.78, 5) is 11.4. The predicted octanol–water partition coefficient (Wildman–Crippen LogP) is 2.61. The normalized spacial score (nSPS) is 11.4. The van der Waals surface area contributed by atoms with E-state index in [2.05, 4.69) is 4.57 Å². The number of rotatable bonds is 4. The fourth-order valence-corrected chi connectivity index (χ4v) is 1.32. The summed E-state index contributed by atoms with van der Waals surface area (Å²) in [6.07, 6.45) is 5.29. The van der Waals surface area contributed by atoms with Gasteiger partial charge in [-0.3, -0.25) is 4.79 Å². The van der Waals surface area contributed by atoms with Crippen molar-refractivity contribution in [2.75, 3.05) is 0 Å². The van der Waals surface area contributed by atoms with E-state index in [4.69, 9.17) is 4.74 Å². The molecule has 0 saturated carbocycles. The first-order chi connectivity index (χ1) is 6.97. The lowest BCUT2D eigenvalue weighted by Crippen LogP contribution is -2.23. The van der Waals surface area contributed by atoms with Crippen LogP contribution in [0, 0.1) is 0 Å². The van der Waals surface area contributed by atoms with E-state index < -0.39 is 0 Å². The van der Waals surface area contributed by atoms with Crippen molar-refractivity contribution in [3.05, 3.63) is 24.5 Å². The quantitative estimate of drug-likeness (QED) is 0.714. The topological polar surface area (TPSA) is 31.2 Å². The molecule has 1 heterocycles. The van der Waals surface area contributed by atoms with Gasteiger partial charge in [0.25, 0.3) is 0 Å². The fraction of sp³-hybridized carbons (Fsp3) is 0.583. The minimum Gasteiger partial charge on any atom is -0.460 e. The number of hydrogen-bond donors (Lipinski definition) is 0. The fourth-order valence-electron chi connectivity index (χ4n) is 1.32. The van der Waals surface area contributed by atoms with Gasteiger partial charge in [0.1, 0.15) is 5.60 Å². The van der Waals surface area contributed by atoms with Gasteiger partial charge in [0.05, 0.1) is 0 Å². The molecular formula is C12H19NO2. The summed E-state index contributed by atoms with van der Waals surface area (Å²) in [5, 5.41) is 0. The Morgan fingerprint density at radius 3 is 2.40 bits per heavy atom. The van der Waals surface area contributed by atoms with Crippen molar-refractivity contribution in [2.24, 2.45) is 0 Å². The minimum atomic E-state index is -0.371. The molecule has 84 valence electrons. The Balaban J connectivity index is 2.18. The summed E-state index contributed by atoms with van der Waals surface area (Å²) in [6, 6.07) is 3.96. The highest BCUT2D eigenvalue weighted by Crippen LogP contribution is 2.09. The molecule has 15 heavy (non-hydrogen) atoms. The number of ether oxygens (including phenoxy) is 1. The Kier molecular flexibility index (Phi) is 3.95. The highest BCUT2D eigenvalue weighted by Gasteiger charge is 2.15. The Bertz CT molecular complexity index is 296. The van der Waals surface area contributed by atoms with Crippen LogP contribution in [0.3, 0.4) is 0 Å². The Labute approximate surface area is 91.0 Å². The molecule has 0 atom stereocenters. The molecule has 3 nitrogen and oxygen atoms in total. The van der Waals surface area contributed by atoms with Crippen molar-refractivity contribution in [1.82, 2.24) is 4.57 Å². The van der Waals surface area contributed by atoms with Gasteiger partial charge in [-0.25, -0.2) is 0 Å². The summed E-state index contributed by atoms with van der Waals surface area (Å²) in [5.41, 5.74) is -0.371. The largest absolute Gasteiger partial charge is 0.460 e. The van der Waals surface area contributed by atoms with Gasteiger partial charge in [-0.15, -0.1) is 0 Å². The van der Waals surface area contributed by atoms with E-state index in [0.29, 0.717) is 6.42 Å². The van der Waals surface area contributed by atoms with Crippen molar-refractivity contribution in [1.29, 1.82) is 0 Å². The standard InChI is InChI=1S/C12H19NO2/c1-12(2,3)15-11(14)7-6-10-13-8-4-5-9-13/h4-5,8-9H,6-7,10H2,1-3H3. The monoisotopic (exact) mass is 209 g/mol. The lowest BCUT2D eigenvalue weighted by molar-refractivity contribution is -0.154. The van der Waals surface area contributed by atoms with Gasteiger partial charge in [0, 0.05) is 25.4 Å². The molecule has 1 aromatic rings. The first-order valence-corrected chi connectivity index (χ1v) is 5.30. The number of esters is 1. The second kappa shape index (κ2) is 5.01. The Morgan fingerprint density at radius 1 is 1.27 bits per heavy atom. The zero-order valence-electron chi connectivity index (χ0n) is 9.69. The molecule has 0 aliphatic rings. The van der Waals surface area contributed by atoms with Crippen molar-refractivity contribution in [3.8, 4) is 0 Å². The van der Waals surface area contributed by atoms with E-state index in [1.165, 1.54) is 0 Å². The molecular weight excluding hydrogens is 190 g/mol. The summed E-state index contributed by atoms with van der Waals surface area (Å²) in [6.45, 7) is 6.52. The highest BCUT2D eigenvalue weighted by molar-refractivity contribution is 5.69. The van der Waals surface area contributed by atoms with E-state index in [-0.39, 0.29) is 11.6 Å². The van der Waals surface area contributed by atoms with E-state index in [1.807, 2.05) is 45.3 Å². The third-order valence-electron chi connectivity index (χ3n) is 1.88. The highest BCUT2D eigenvalue weighted by atomic mass is 16.6. The van der Waals surface area contributed by atoms with Crippen LogP contribution in [0.4, 0.5) is 0 Å². The lowest BCUT2D eigenvalue weighted by atomic mass is 10.2. The third kappa shape index (κ3) is 5.25. The van der Waals surface area contributed by atoms with E-state index >= 15 is 0 Å². The molecule has 0 aromatic carbocycles. The molecule has 0 bridgehead atoms. The number of aromatic nitrogens is 1. The molecule has 0 radical (unpaired) electrons. The van der Waals surface area contributed by atoms with Crippen LogP contribution >= 0.6 is 0 Å². The Hall–Kier alpha value is -1.25. The van der Waals surface area contributed by atoms with Gasteiger partial charge in [-0.05, 0) is 39.3 Å². The van der Waals surface area contributed by atoms with Crippen LogP contribution < -0.4 is 0 Å². The molecule has 3 heteroatoms. The SMILES string of the molecule is CC(C)(C)OC(=O)CCCn1cccc1. The average Bonchev–Trinajstić information content (AvgIpc) is 2.53. The molecule has 1 rings (SSSR count). The number of nitrogens with zero attached hydrogens (tertiary/aromatic N) is 1. The molecule has 1 aromatic heterocycles. The first kappa shape index (κ1) is 11.8. The summed E-state index contributed by atoms with van der Waals surface area (Å²) in [7, 11) is 0. The zero-order valence-corrected chi connectivity index (χ0v) is 9.69.